The Morgan fingerprint density at radius 2 is 2.50 bits per heavy atom. The Bertz CT molecular complexity index is 122. The quantitative estimate of drug-likeness (QED) is 0.466. The van der Waals surface area contributed by atoms with E-state index in [1.54, 1.807) is 4.41 Å². The van der Waals surface area contributed by atoms with Crippen molar-refractivity contribution < 1.29 is 0 Å². The molecule has 0 radical (unpaired) electrons. The zero-order valence-corrected chi connectivity index (χ0v) is 5.81. The van der Waals surface area contributed by atoms with Crippen LogP contribution in [0, 0.1) is 0 Å². The number of hydrogen-bond donors (Lipinski definition) is 2. The van der Waals surface area contributed by atoms with Crippen LogP contribution in [0.1, 0.15) is 13.8 Å². The number of hydrogen-bond acceptors (Lipinski definition) is 4. The third-order valence-electron chi connectivity index (χ3n) is 1.30. The second kappa shape index (κ2) is 1.95. The van der Waals surface area contributed by atoms with Crippen molar-refractivity contribution in [1.82, 2.24) is 9.95 Å². The lowest BCUT2D eigenvalue weighted by Crippen LogP contribution is -2.28. The summed E-state index contributed by atoms with van der Waals surface area (Å²) in [5, 5.41) is 3.91. The molecule has 0 fully saturated rings. The van der Waals surface area contributed by atoms with Crippen LogP contribution in [0.2, 0.25) is 0 Å². The molecule has 46 valence electrons. The van der Waals surface area contributed by atoms with Gasteiger partial charge in [0.25, 0.3) is 0 Å². The first kappa shape index (κ1) is 5.91. The van der Waals surface area contributed by atoms with Gasteiger partial charge < -0.3 is 0 Å². The average Bonchev–Trinajstić information content (AvgIpc) is 1.98. The van der Waals surface area contributed by atoms with Crippen LogP contribution in [-0.2, 0) is 0 Å². The molecule has 0 saturated carbocycles. The molecule has 0 amide bonds. The van der Waals surface area contributed by atoms with Crippen molar-refractivity contribution in [3.63, 3.8) is 0 Å². The van der Waals surface area contributed by atoms with Crippen LogP contribution in [0.25, 0.3) is 0 Å². The fourth-order valence-electron chi connectivity index (χ4n) is 0.487. The number of thiol groups is 1. The molecule has 0 aromatic carbocycles. The van der Waals surface area contributed by atoms with Gasteiger partial charge in [0.1, 0.15) is 0 Å². The molecule has 1 aliphatic rings. The molecule has 8 heavy (non-hydrogen) atoms. The lowest BCUT2D eigenvalue weighted by Gasteiger charge is -2.10. The fourth-order valence-corrected chi connectivity index (χ4v) is 0.699. The summed E-state index contributed by atoms with van der Waals surface area (Å²) in [6.45, 7) is 4.00. The zero-order valence-electron chi connectivity index (χ0n) is 4.92. The van der Waals surface area contributed by atoms with Crippen LogP contribution in [0.15, 0.2) is 5.10 Å². The number of hydrazone groups is 1. The van der Waals surface area contributed by atoms with E-state index < -0.39 is 0 Å². The van der Waals surface area contributed by atoms with Crippen LogP contribution >= 0.6 is 12.8 Å². The Hall–Kier alpha value is -0.220. The molecular weight excluding hydrogens is 122 g/mol. The third-order valence-corrected chi connectivity index (χ3v) is 1.74. The summed E-state index contributed by atoms with van der Waals surface area (Å²) >= 11 is 4.05. The van der Waals surface area contributed by atoms with E-state index in [0.29, 0.717) is 6.04 Å². The largest absolute Gasteiger partial charge is 0.230 e. The van der Waals surface area contributed by atoms with Crippen LogP contribution in [0.3, 0.4) is 0 Å². The third kappa shape index (κ3) is 0.809. The lowest BCUT2D eigenvalue weighted by atomic mass is 10.2. The van der Waals surface area contributed by atoms with Gasteiger partial charge in [-0.2, -0.15) is 5.10 Å². The minimum atomic E-state index is 0.318. The Morgan fingerprint density at radius 1 is 1.88 bits per heavy atom. The van der Waals surface area contributed by atoms with Gasteiger partial charge >= 0.3 is 0 Å². The normalized spacial score (nSPS) is 29.9. The number of nitrogens with one attached hydrogen (secondary N) is 1. The molecule has 1 heterocycles. The predicted octanol–water partition coefficient (Wildman–Crippen LogP) is 0.416. The van der Waals surface area contributed by atoms with Gasteiger partial charge in [-0.1, -0.05) is 12.8 Å². The van der Waals surface area contributed by atoms with Gasteiger partial charge in [-0.15, -0.1) is 4.41 Å². The molecule has 0 bridgehead atoms. The summed E-state index contributed by atoms with van der Waals surface area (Å²) < 4.78 is 1.66. The Labute approximate surface area is 54.3 Å². The zero-order chi connectivity index (χ0) is 6.15. The molecule has 1 rings (SSSR count). The first-order chi connectivity index (χ1) is 3.72. The van der Waals surface area contributed by atoms with Crippen molar-refractivity contribution in [3.8, 4) is 0 Å². The van der Waals surface area contributed by atoms with Crippen molar-refractivity contribution in [3.05, 3.63) is 0 Å². The Morgan fingerprint density at radius 3 is 2.62 bits per heavy atom. The van der Waals surface area contributed by atoms with E-state index in [1.807, 2.05) is 13.8 Å². The molecule has 0 aliphatic carbocycles. The maximum Gasteiger partial charge on any atom is 0.0787 e. The average molecular weight is 131 g/mol. The first-order valence-electron chi connectivity index (χ1n) is 2.50. The van der Waals surface area contributed by atoms with E-state index in [2.05, 4.69) is 23.5 Å². The van der Waals surface area contributed by atoms with Gasteiger partial charge in [0.05, 0.1) is 11.8 Å². The monoisotopic (exact) mass is 131 g/mol. The molecule has 0 unspecified atom stereocenters. The second-order valence-electron chi connectivity index (χ2n) is 1.87. The molecule has 0 saturated heterocycles. The van der Waals surface area contributed by atoms with E-state index >= 15 is 0 Å². The van der Waals surface area contributed by atoms with Gasteiger partial charge in [0.2, 0.25) is 0 Å². The Kier molecular flexibility index (Phi) is 1.44. The number of nitrogens with zero attached hydrogens (tertiary/aromatic N) is 2. The standard InChI is InChI=1S/C4H9N3S/c1-3-4(2)7(8)6-5-3/h4,6,8H,1-2H3/t4-/m1/s1. The van der Waals surface area contributed by atoms with Crippen LogP contribution < -0.4 is 5.53 Å². The predicted molar refractivity (Wildman–Crippen MR) is 36.5 cm³/mol. The maximum absolute atomic E-state index is 4.05. The molecule has 0 aromatic heterocycles. The summed E-state index contributed by atoms with van der Waals surface area (Å²) in [6.07, 6.45) is 0. The van der Waals surface area contributed by atoms with Crippen molar-refractivity contribution in [2.75, 3.05) is 0 Å². The van der Waals surface area contributed by atoms with E-state index in [9.17, 15) is 0 Å². The summed E-state index contributed by atoms with van der Waals surface area (Å²) in [6, 6.07) is 0.318. The van der Waals surface area contributed by atoms with Crippen LogP contribution in [-0.4, -0.2) is 16.2 Å². The van der Waals surface area contributed by atoms with E-state index in [1.165, 1.54) is 0 Å². The number of rotatable bonds is 0. The Balaban J connectivity index is 2.59. The highest BCUT2D eigenvalue weighted by atomic mass is 32.1. The van der Waals surface area contributed by atoms with Crippen LogP contribution in [0.4, 0.5) is 0 Å². The van der Waals surface area contributed by atoms with Crippen molar-refractivity contribution >= 4 is 18.5 Å². The minimum absolute atomic E-state index is 0.318. The van der Waals surface area contributed by atoms with Gasteiger partial charge in [0, 0.05) is 0 Å². The minimum Gasteiger partial charge on any atom is -0.230 e. The molecule has 1 N–H and O–H groups in total. The highest BCUT2D eigenvalue weighted by Crippen LogP contribution is 2.05. The van der Waals surface area contributed by atoms with Crippen molar-refractivity contribution in [2.24, 2.45) is 5.10 Å². The highest BCUT2D eigenvalue weighted by molar-refractivity contribution is 7.77. The topological polar surface area (TPSA) is 27.6 Å². The van der Waals surface area contributed by atoms with E-state index in [4.69, 9.17) is 0 Å². The second-order valence-corrected chi connectivity index (χ2v) is 2.30. The highest BCUT2D eigenvalue weighted by Gasteiger charge is 2.17. The molecule has 3 nitrogen and oxygen atoms in total. The molecule has 0 spiro atoms. The summed E-state index contributed by atoms with van der Waals surface area (Å²) in [5.41, 5.74) is 3.77. The van der Waals surface area contributed by atoms with Crippen molar-refractivity contribution in [1.29, 1.82) is 0 Å². The van der Waals surface area contributed by atoms with E-state index in [0.717, 1.165) is 5.71 Å². The van der Waals surface area contributed by atoms with Gasteiger partial charge in [0.15, 0.2) is 0 Å². The van der Waals surface area contributed by atoms with Crippen LogP contribution in [0.5, 0.6) is 0 Å². The molecule has 1 aliphatic heterocycles. The lowest BCUT2D eigenvalue weighted by molar-refractivity contribution is 0.381. The summed E-state index contributed by atoms with van der Waals surface area (Å²) in [4.78, 5) is 0. The first-order valence-corrected chi connectivity index (χ1v) is 2.90. The van der Waals surface area contributed by atoms with Gasteiger partial charge in [-0.25, -0.2) is 5.53 Å². The maximum atomic E-state index is 4.05. The fraction of sp³-hybridized carbons (Fsp3) is 0.750. The SMILES string of the molecule is CC1=NNN(S)[C@@H]1C. The smallest absolute Gasteiger partial charge is 0.0787 e. The van der Waals surface area contributed by atoms with E-state index in [-0.39, 0.29) is 0 Å². The molecule has 1 atom stereocenters. The molecule has 4 heteroatoms. The summed E-state index contributed by atoms with van der Waals surface area (Å²) in [5.74, 6) is 0. The van der Waals surface area contributed by atoms with Gasteiger partial charge in [-0.3, -0.25) is 0 Å². The van der Waals surface area contributed by atoms with Crippen molar-refractivity contribution in [2.45, 2.75) is 19.9 Å². The molecule has 0 aromatic rings. The number of hydrazine groups is 1. The van der Waals surface area contributed by atoms with Gasteiger partial charge in [-0.05, 0) is 13.8 Å². The molecular formula is C4H9N3S. The summed E-state index contributed by atoms with van der Waals surface area (Å²) in [7, 11) is 0.